The van der Waals surface area contributed by atoms with Crippen molar-refractivity contribution in [1.82, 2.24) is 20.0 Å². The van der Waals surface area contributed by atoms with E-state index in [2.05, 4.69) is 15.3 Å². The highest BCUT2D eigenvalue weighted by atomic mass is 16.4. The number of carbonyl (C=O) groups is 1. The van der Waals surface area contributed by atoms with Crippen molar-refractivity contribution in [1.29, 1.82) is 0 Å². The lowest BCUT2D eigenvalue weighted by atomic mass is 10.2. The molecule has 17 heavy (non-hydrogen) atoms. The van der Waals surface area contributed by atoms with Crippen LogP contribution in [0.3, 0.4) is 0 Å². The molecule has 1 aliphatic rings. The summed E-state index contributed by atoms with van der Waals surface area (Å²) >= 11 is 0. The van der Waals surface area contributed by atoms with Crippen molar-refractivity contribution >= 4 is 5.97 Å². The van der Waals surface area contributed by atoms with Crippen molar-refractivity contribution < 1.29 is 9.90 Å². The zero-order valence-electron chi connectivity index (χ0n) is 8.95. The molecule has 0 spiro atoms. The van der Waals surface area contributed by atoms with Gasteiger partial charge in [-0.2, -0.15) is 0 Å². The van der Waals surface area contributed by atoms with Gasteiger partial charge in [-0.25, -0.2) is 9.48 Å². The fraction of sp³-hybridized carbons (Fsp3) is 0.273. The summed E-state index contributed by atoms with van der Waals surface area (Å²) in [6.45, 7) is 0. The van der Waals surface area contributed by atoms with Gasteiger partial charge < -0.3 is 5.11 Å². The minimum Gasteiger partial charge on any atom is -0.476 e. The highest BCUT2D eigenvalue weighted by Crippen LogP contribution is 2.41. The summed E-state index contributed by atoms with van der Waals surface area (Å²) in [6, 6.07) is 3.62. The predicted molar refractivity (Wildman–Crippen MR) is 58.1 cm³/mol. The highest BCUT2D eigenvalue weighted by molar-refractivity contribution is 5.87. The molecule has 3 rings (SSSR count). The van der Waals surface area contributed by atoms with Crippen LogP contribution in [-0.2, 0) is 0 Å². The average molecular weight is 230 g/mol. The lowest BCUT2D eigenvalue weighted by Crippen LogP contribution is -2.05. The lowest BCUT2D eigenvalue weighted by molar-refractivity contribution is 0.0689. The van der Waals surface area contributed by atoms with Crippen molar-refractivity contribution in [2.45, 2.75) is 18.8 Å². The Bertz CT molecular complexity index is 560. The van der Waals surface area contributed by atoms with E-state index in [9.17, 15) is 4.79 Å². The van der Waals surface area contributed by atoms with Gasteiger partial charge in [-0.3, -0.25) is 4.98 Å². The fourth-order valence-electron chi connectivity index (χ4n) is 1.83. The molecule has 0 radical (unpaired) electrons. The van der Waals surface area contributed by atoms with Crippen molar-refractivity contribution in [3.63, 3.8) is 0 Å². The smallest absolute Gasteiger partial charge is 0.358 e. The van der Waals surface area contributed by atoms with Gasteiger partial charge in [-0.05, 0) is 25.0 Å². The molecule has 2 aromatic heterocycles. The van der Waals surface area contributed by atoms with Crippen LogP contribution in [0.4, 0.5) is 0 Å². The maximum atomic E-state index is 11.1. The standard InChI is InChI=1S/C11H10N4O2/c16-11(17)9-10(7-3-4-7)15(14-13-9)8-2-1-5-12-6-8/h1-2,5-7H,3-4H2,(H,16,17). The van der Waals surface area contributed by atoms with Crippen molar-refractivity contribution in [3.8, 4) is 5.69 Å². The van der Waals surface area contributed by atoms with E-state index < -0.39 is 5.97 Å². The first kappa shape index (κ1) is 9.95. The molecule has 0 aromatic carbocycles. The number of aromatic carboxylic acids is 1. The van der Waals surface area contributed by atoms with Crippen molar-refractivity contribution in [2.24, 2.45) is 0 Å². The van der Waals surface area contributed by atoms with E-state index >= 15 is 0 Å². The molecule has 1 N–H and O–H groups in total. The van der Waals surface area contributed by atoms with Crippen LogP contribution < -0.4 is 0 Å². The van der Waals surface area contributed by atoms with E-state index in [0.717, 1.165) is 18.5 Å². The van der Waals surface area contributed by atoms with E-state index in [-0.39, 0.29) is 11.6 Å². The molecule has 2 aromatic rings. The van der Waals surface area contributed by atoms with Gasteiger partial charge in [0, 0.05) is 12.1 Å². The van der Waals surface area contributed by atoms with E-state index in [1.165, 1.54) is 0 Å². The number of aromatic nitrogens is 4. The van der Waals surface area contributed by atoms with E-state index in [1.54, 1.807) is 23.1 Å². The fourth-order valence-corrected chi connectivity index (χ4v) is 1.83. The number of hydrogen-bond acceptors (Lipinski definition) is 4. The number of hydrogen-bond donors (Lipinski definition) is 1. The third-order valence-corrected chi connectivity index (χ3v) is 2.76. The van der Waals surface area contributed by atoms with Gasteiger partial charge in [-0.1, -0.05) is 5.21 Å². The second kappa shape index (κ2) is 3.65. The normalized spacial score (nSPS) is 14.8. The minimum absolute atomic E-state index is 0.0522. The predicted octanol–water partition coefficient (Wildman–Crippen LogP) is 1.24. The van der Waals surface area contributed by atoms with Crippen LogP contribution in [0.1, 0.15) is 34.9 Å². The number of carboxylic acids is 1. The lowest BCUT2D eigenvalue weighted by Gasteiger charge is -2.04. The van der Waals surface area contributed by atoms with Crippen LogP contribution in [0.2, 0.25) is 0 Å². The van der Waals surface area contributed by atoms with Crippen LogP contribution in [0.5, 0.6) is 0 Å². The number of carboxylic acid groups (broad SMARTS) is 1. The van der Waals surface area contributed by atoms with Crippen LogP contribution in [-0.4, -0.2) is 31.1 Å². The first-order chi connectivity index (χ1) is 8.27. The monoisotopic (exact) mass is 230 g/mol. The van der Waals surface area contributed by atoms with Gasteiger partial charge in [0.1, 0.15) is 0 Å². The molecule has 6 nitrogen and oxygen atoms in total. The molecule has 0 unspecified atom stereocenters. The quantitative estimate of drug-likeness (QED) is 0.857. The topological polar surface area (TPSA) is 80.9 Å². The Morgan fingerprint density at radius 1 is 1.47 bits per heavy atom. The highest BCUT2D eigenvalue weighted by Gasteiger charge is 2.34. The van der Waals surface area contributed by atoms with Gasteiger partial charge in [0.15, 0.2) is 5.69 Å². The largest absolute Gasteiger partial charge is 0.476 e. The van der Waals surface area contributed by atoms with E-state index in [0.29, 0.717) is 5.69 Å². The molecule has 0 atom stereocenters. The third kappa shape index (κ3) is 1.67. The molecule has 1 saturated carbocycles. The molecule has 0 bridgehead atoms. The molecular formula is C11H10N4O2. The summed E-state index contributed by atoms with van der Waals surface area (Å²) in [4.78, 5) is 15.1. The molecule has 0 aliphatic heterocycles. The molecular weight excluding hydrogens is 220 g/mol. The van der Waals surface area contributed by atoms with Crippen LogP contribution in [0.25, 0.3) is 5.69 Å². The Morgan fingerprint density at radius 2 is 2.29 bits per heavy atom. The molecule has 6 heteroatoms. The summed E-state index contributed by atoms with van der Waals surface area (Å²) < 4.78 is 1.58. The Morgan fingerprint density at radius 3 is 2.88 bits per heavy atom. The Kier molecular flexibility index (Phi) is 2.14. The molecule has 1 fully saturated rings. The second-order valence-electron chi connectivity index (χ2n) is 4.03. The molecule has 0 amide bonds. The van der Waals surface area contributed by atoms with Gasteiger partial charge in [0.25, 0.3) is 0 Å². The summed E-state index contributed by atoms with van der Waals surface area (Å²) in [5.74, 6) is -0.765. The average Bonchev–Trinajstić information content (AvgIpc) is 3.08. The maximum absolute atomic E-state index is 11.1. The maximum Gasteiger partial charge on any atom is 0.358 e. The zero-order chi connectivity index (χ0) is 11.8. The first-order valence-corrected chi connectivity index (χ1v) is 5.36. The summed E-state index contributed by atoms with van der Waals surface area (Å²) in [5.41, 5.74) is 1.48. The van der Waals surface area contributed by atoms with Crippen LogP contribution in [0, 0.1) is 0 Å². The Labute approximate surface area is 96.9 Å². The summed E-state index contributed by atoms with van der Waals surface area (Å²) in [6.07, 6.45) is 5.29. The molecule has 0 saturated heterocycles. The van der Waals surface area contributed by atoms with E-state index in [1.807, 2.05) is 6.07 Å². The van der Waals surface area contributed by atoms with Crippen LogP contribution in [0.15, 0.2) is 24.5 Å². The molecule has 1 aliphatic carbocycles. The number of pyridine rings is 1. The zero-order valence-corrected chi connectivity index (χ0v) is 8.95. The summed E-state index contributed by atoms with van der Waals surface area (Å²) in [5, 5.41) is 16.7. The van der Waals surface area contributed by atoms with Crippen molar-refractivity contribution in [2.75, 3.05) is 0 Å². The van der Waals surface area contributed by atoms with Crippen LogP contribution >= 0.6 is 0 Å². The van der Waals surface area contributed by atoms with Gasteiger partial charge >= 0.3 is 5.97 Å². The van der Waals surface area contributed by atoms with Crippen molar-refractivity contribution in [3.05, 3.63) is 35.9 Å². The second-order valence-corrected chi connectivity index (χ2v) is 4.03. The number of rotatable bonds is 3. The summed E-state index contributed by atoms with van der Waals surface area (Å²) in [7, 11) is 0. The Hall–Kier alpha value is -2.24. The van der Waals surface area contributed by atoms with Gasteiger partial charge in [-0.15, -0.1) is 5.10 Å². The molecule has 2 heterocycles. The Balaban J connectivity index is 2.14. The number of nitrogens with zero attached hydrogens (tertiary/aromatic N) is 4. The third-order valence-electron chi connectivity index (χ3n) is 2.76. The molecule has 86 valence electrons. The SMILES string of the molecule is O=C(O)c1nnn(-c2cccnc2)c1C1CC1. The van der Waals surface area contributed by atoms with Gasteiger partial charge in [0.05, 0.1) is 17.6 Å². The first-order valence-electron chi connectivity index (χ1n) is 5.36. The minimum atomic E-state index is -1.03. The van der Waals surface area contributed by atoms with E-state index in [4.69, 9.17) is 5.11 Å². The van der Waals surface area contributed by atoms with Gasteiger partial charge in [0.2, 0.25) is 0 Å².